The van der Waals surface area contributed by atoms with E-state index in [9.17, 15) is 43.9 Å². The molecule has 0 amide bonds. The van der Waals surface area contributed by atoms with Crippen molar-refractivity contribution in [2.75, 3.05) is 6.61 Å². The van der Waals surface area contributed by atoms with Crippen molar-refractivity contribution in [2.24, 2.45) is 0 Å². The number of halogens is 10. The molecule has 0 fully saturated rings. The Kier molecular flexibility index (Phi) is 8.51. The first kappa shape index (κ1) is 30.0. The molecule has 4 aromatic rings. The molecular formula is C30H14F10O2. The van der Waals surface area contributed by atoms with E-state index in [4.69, 9.17) is 4.74 Å². The smallest absolute Gasteiger partial charge is 0.432 e. The lowest BCUT2D eigenvalue weighted by molar-refractivity contribution is -0.189. The van der Waals surface area contributed by atoms with Crippen LogP contribution in [-0.4, -0.2) is 6.61 Å². The van der Waals surface area contributed by atoms with Crippen molar-refractivity contribution >= 4 is 0 Å². The molecular weight excluding hydrogens is 582 g/mol. The van der Waals surface area contributed by atoms with E-state index in [1.54, 1.807) is 0 Å². The molecule has 4 rings (SSSR count). The Morgan fingerprint density at radius 2 is 1.24 bits per heavy atom. The van der Waals surface area contributed by atoms with Crippen LogP contribution in [0.15, 0.2) is 67.3 Å². The molecule has 4 aromatic carbocycles. The third kappa shape index (κ3) is 6.35. The van der Waals surface area contributed by atoms with Gasteiger partial charge in [-0.15, -0.1) is 0 Å². The van der Waals surface area contributed by atoms with Gasteiger partial charge in [-0.3, -0.25) is 0 Å². The lowest BCUT2D eigenvalue weighted by Gasteiger charge is -2.20. The van der Waals surface area contributed by atoms with Gasteiger partial charge in [0.05, 0.1) is 5.56 Å². The third-order valence-corrected chi connectivity index (χ3v) is 5.53. The quantitative estimate of drug-likeness (QED) is 0.0922. The van der Waals surface area contributed by atoms with Crippen molar-refractivity contribution in [3.05, 3.63) is 130 Å². The minimum Gasteiger partial charge on any atom is -0.489 e. The SMILES string of the molecule is C=CCOc1cc(F)c(C#Cc2cc(F)c(C(F)(F)Oc3ccc(-c4cc(F)c(F)c(F)c4)c(F)c3)c(F)c2)c(F)c1. The lowest BCUT2D eigenvalue weighted by atomic mass is 10.0. The molecule has 0 aromatic heterocycles. The molecule has 0 spiro atoms. The molecule has 0 aliphatic carbocycles. The molecule has 0 N–H and O–H groups in total. The highest BCUT2D eigenvalue weighted by atomic mass is 19.3. The number of rotatable bonds is 7. The maximum atomic E-state index is 14.8. The van der Waals surface area contributed by atoms with E-state index >= 15 is 0 Å². The molecule has 2 nitrogen and oxygen atoms in total. The Morgan fingerprint density at radius 3 is 1.79 bits per heavy atom. The summed E-state index contributed by atoms with van der Waals surface area (Å²) in [5, 5.41) is 0. The van der Waals surface area contributed by atoms with Crippen molar-refractivity contribution in [3.63, 3.8) is 0 Å². The molecule has 0 heterocycles. The standard InChI is InChI=1S/C30H14F10O2/c1-2-7-41-18-13-22(32)20(23(33)14-18)5-3-15-8-24(34)28(25(35)9-15)30(39,40)42-17-4-6-19(21(31)12-17)16-10-26(36)29(38)27(37)11-16/h2,4,6,8-14H,1,7H2. The summed E-state index contributed by atoms with van der Waals surface area (Å²) in [5.41, 5.74) is -4.22. The number of benzene rings is 4. The van der Waals surface area contributed by atoms with Crippen LogP contribution >= 0.6 is 0 Å². The van der Waals surface area contributed by atoms with Crippen molar-refractivity contribution in [1.82, 2.24) is 0 Å². The highest BCUT2D eigenvalue weighted by Gasteiger charge is 2.41. The zero-order chi connectivity index (χ0) is 30.8. The van der Waals surface area contributed by atoms with Gasteiger partial charge in [-0.1, -0.05) is 24.5 Å². The molecule has 42 heavy (non-hydrogen) atoms. The monoisotopic (exact) mass is 596 g/mol. The summed E-state index contributed by atoms with van der Waals surface area (Å²) in [6.45, 7) is 3.35. The van der Waals surface area contributed by atoms with Gasteiger partial charge >= 0.3 is 6.11 Å². The minimum absolute atomic E-state index is 0.0398. The summed E-state index contributed by atoms with van der Waals surface area (Å²) in [7, 11) is 0. The Morgan fingerprint density at radius 1 is 0.667 bits per heavy atom. The maximum Gasteiger partial charge on any atom is 0.432 e. The van der Waals surface area contributed by atoms with Crippen LogP contribution in [0.4, 0.5) is 43.9 Å². The van der Waals surface area contributed by atoms with Gasteiger partial charge in [-0.25, -0.2) is 35.1 Å². The first-order valence-corrected chi connectivity index (χ1v) is 11.6. The zero-order valence-corrected chi connectivity index (χ0v) is 20.8. The van der Waals surface area contributed by atoms with Gasteiger partial charge in [-0.2, -0.15) is 8.78 Å². The van der Waals surface area contributed by atoms with E-state index in [2.05, 4.69) is 17.2 Å². The largest absolute Gasteiger partial charge is 0.489 e. The van der Waals surface area contributed by atoms with E-state index in [1.165, 1.54) is 6.08 Å². The average Bonchev–Trinajstić information content (AvgIpc) is 2.89. The zero-order valence-electron chi connectivity index (χ0n) is 20.8. The molecule has 0 radical (unpaired) electrons. The normalized spacial score (nSPS) is 11.1. The molecule has 12 heteroatoms. The Labute approximate surface area is 231 Å². The average molecular weight is 596 g/mol. The number of hydrogen-bond acceptors (Lipinski definition) is 2. The fourth-order valence-electron chi connectivity index (χ4n) is 3.67. The maximum absolute atomic E-state index is 14.8. The van der Waals surface area contributed by atoms with Gasteiger partial charge in [0.1, 0.15) is 52.8 Å². The van der Waals surface area contributed by atoms with Crippen molar-refractivity contribution in [2.45, 2.75) is 6.11 Å². The second-order valence-corrected chi connectivity index (χ2v) is 8.44. The minimum atomic E-state index is -4.72. The van der Waals surface area contributed by atoms with Crippen LogP contribution in [0.5, 0.6) is 11.5 Å². The van der Waals surface area contributed by atoms with Crippen LogP contribution in [0.25, 0.3) is 11.1 Å². The molecule has 0 aliphatic heterocycles. The molecule has 0 aliphatic rings. The van der Waals surface area contributed by atoms with Crippen LogP contribution in [0, 0.1) is 58.4 Å². The van der Waals surface area contributed by atoms with Gasteiger partial charge in [0.25, 0.3) is 0 Å². The number of hydrogen-bond donors (Lipinski definition) is 0. The van der Waals surface area contributed by atoms with Crippen LogP contribution in [0.1, 0.15) is 16.7 Å². The highest BCUT2D eigenvalue weighted by molar-refractivity contribution is 5.65. The van der Waals surface area contributed by atoms with E-state index in [1.807, 2.05) is 5.92 Å². The Bertz CT molecular complexity index is 1690. The van der Waals surface area contributed by atoms with Gasteiger partial charge in [0.2, 0.25) is 0 Å². The first-order valence-electron chi connectivity index (χ1n) is 11.6. The fraction of sp³-hybridized carbons (Fsp3) is 0.0667. The second-order valence-electron chi connectivity index (χ2n) is 8.44. The van der Waals surface area contributed by atoms with Crippen LogP contribution in [0.2, 0.25) is 0 Å². The van der Waals surface area contributed by atoms with Gasteiger partial charge < -0.3 is 9.47 Å². The van der Waals surface area contributed by atoms with E-state index < -0.39 is 86.2 Å². The predicted octanol–water partition coefficient (Wildman–Crippen LogP) is 8.56. The van der Waals surface area contributed by atoms with Crippen molar-refractivity contribution in [3.8, 4) is 34.5 Å². The van der Waals surface area contributed by atoms with Gasteiger partial charge in [0.15, 0.2) is 17.5 Å². The molecule has 0 saturated carbocycles. The second kappa shape index (κ2) is 11.9. The Hall–Kier alpha value is -4.92. The lowest BCUT2D eigenvalue weighted by Crippen LogP contribution is -2.25. The summed E-state index contributed by atoms with van der Waals surface area (Å²) in [4.78, 5) is 0. The summed E-state index contributed by atoms with van der Waals surface area (Å²) >= 11 is 0. The van der Waals surface area contributed by atoms with Crippen molar-refractivity contribution in [1.29, 1.82) is 0 Å². The third-order valence-electron chi connectivity index (χ3n) is 5.53. The first-order chi connectivity index (χ1) is 19.8. The molecule has 0 saturated heterocycles. The molecule has 0 atom stereocenters. The van der Waals surface area contributed by atoms with Gasteiger partial charge in [0, 0.05) is 29.3 Å². The number of ether oxygens (including phenoxy) is 2. The number of alkyl halides is 2. The van der Waals surface area contributed by atoms with Crippen LogP contribution < -0.4 is 9.47 Å². The molecule has 0 bridgehead atoms. The summed E-state index contributed by atoms with van der Waals surface area (Å²) in [5.74, 6) is -9.42. The summed E-state index contributed by atoms with van der Waals surface area (Å²) in [6, 6.07) is 5.13. The fourth-order valence-corrected chi connectivity index (χ4v) is 3.67. The van der Waals surface area contributed by atoms with Gasteiger partial charge in [-0.05, 0) is 42.0 Å². The van der Waals surface area contributed by atoms with E-state index in [0.717, 1.165) is 24.3 Å². The van der Waals surface area contributed by atoms with Crippen LogP contribution in [-0.2, 0) is 6.11 Å². The van der Waals surface area contributed by atoms with Crippen LogP contribution in [0.3, 0.4) is 0 Å². The topological polar surface area (TPSA) is 18.5 Å². The van der Waals surface area contributed by atoms with E-state index in [-0.39, 0.29) is 12.4 Å². The highest BCUT2D eigenvalue weighted by Crippen LogP contribution is 2.37. The summed E-state index contributed by atoms with van der Waals surface area (Å²) in [6.07, 6.45) is -3.39. The van der Waals surface area contributed by atoms with E-state index in [0.29, 0.717) is 30.3 Å². The Balaban J connectivity index is 1.59. The predicted molar refractivity (Wildman–Crippen MR) is 131 cm³/mol. The van der Waals surface area contributed by atoms with Crippen molar-refractivity contribution < 1.29 is 53.4 Å². The molecule has 0 unspecified atom stereocenters. The molecule has 216 valence electrons. The summed E-state index contributed by atoms with van der Waals surface area (Å²) < 4.78 is 151.